The minimum absolute atomic E-state index is 0.0216. The first-order chi connectivity index (χ1) is 13.9. The van der Waals surface area contributed by atoms with Crippen LogP contribution in [0.4, 0.5) is 4.39 Å². The molecule has 29 heavy (non-hydrogen) atoms. The van der Waals surface area contributed by atoms with Gasteiger partial charge in [-0.15, -0.1) is 0 Å². The van der Waals surface area contributed by atoms with Crippen molar-refractivity contribution in [2.75, 3.05) is 27.2 Å². The number of amides is 2. The number of aromatic nitrogens is 3. The number of fused-ring (bicyclic) bond motifs is 1. The average Bonchev–Trinajstić information content (AvgIpc) is 3.36. The molecule has 0 unspecified atom stereocenters. The van der Waals surface area contributed by atoms with Crippen molar-refractivity contribution in [3.8, 4) is 0 Å². The number of nitrogens with zero attached hydrogens (tertiary/aromatic N) is 5. The third-order valence-electron chi connectivity index (χ3n) is 5.29. The van der Waals surface area contributed by atoms with Gasteiger partial charge in [0.05, 0.1) is 18.3 Å². The van der Waals surface area contributed by atoms with Crippen LogP contribution in [0.2, 0.25) is 0 Å². The number of hydrogen-bond donors (Lipinski definition) is 0. The third-order valence-corrected chi connectivity index (χ3v) is 5.29. The highest BCUT2D eigenvalue weighted by Gasteiger charge is 2.29. The molecule has 0 bridgehead atoms. The van der Waals surface area contributed by atoms with Crippen LogP contribution < -0.4 is 0 Å². The third kappa shape index (κ3) is 3.70. The maximum Gasteiger partial charge on any atom is 0.258 e. The molecule has 1 aliphatic rings. The Kier molecular flexibility index (Phi) is 5.00. The van der Waals surface area contributed by atoms with E-state index in [4.69, 9.17) is 0 Å². The normalized spacial score (nSPS) is 16.4. The summed E-state index contributed by atoms with van der Waals surface area (Å²) in [5, 5.41) is 4.38. The highest BCUT2D eigenvalue weighted by Crippen LogP contribution is 2.28. The number of benzene rings is 1. The molecule has 150 valence electrons. The van der Waals surface area contributed by atoms with Gasteiger partial charge < -0.3 is 9.80 Å². The molecule has 2 aromatic heterocycles. The van der Waals surface area contributed by atoms with E-state index >= 15 is 0 Å². The summed E-state index contributed by atoms with van der Waals surface area (Å²) in [5.41, 5.74) is 2.71. The number of rotatable bonds is 4. The van der Waals surface area contributed by atoms with E-state index in [-0.39, 0.29) is 30.0 Å². The molecule has 3 heterocycles. The zero-order valence-electron chi connectivity index (χ0n) is 16.4. The maximum atomic E-state index is 13.1. The van der Waals surface area contributed by atoms with Crippen molar-refractivity contribution in [3.05, 3.63) is 65.4 Å². The quantitative estimate of drug-likeness (QED) is 0.679. The van der Waals surface area contributed by atoms with Crippen molar-refractivity contribution in [1.29, 1.82) is 0 Å². The Balaban J connectivity index is 1.51. The maximum absolute atomic E-state index is 13.1. The highest BCUT2D eigenvalue weighted by atomic mass is 19.1. The largest absolute Gasteiger partial charge is 0.345 e. The van der Waals surface area contributed by atoms with Crippen molar-refractivity contribution in [2.24, 2.45) is 0 Å². The van der Waals surface area contributed by atoms with Gasteiger partial charge in [0, 0.05) is 39.3 Å². The molecule has 1 atom stereocenters. The number of hydrogen-bond acceptors (Lipinski definition) is 4. The summed E-state index contributed by atoms with van der Waals surface area (Å²) in [7, 11) is 3.38. The monoisotopic (exact) mass is 395 g/mol. The van der Waals surface area contributed by atoms with Crippen LogP contribution in [0.5, 0.6) is 0 Å². The fourth-order valence-electron chi connectivity index (χ4n) is 3.73. The molecule has 7 nitrogen and oxygen atoms in total. The smallest absolute Gasteiger partial charge is 0.258 e. The van der Waals surface area contributed by atoms with Gasteiger partial charge in [0.1, 0.15) is 11.4 Å². The molecular formula is C21H22FN5O2. The van der Waals surface area contributed by atoms with Gasteiger partial charge in [-0.05, 0) is 30.2 Å². The van der Waals surface area contributed by atoms with Gasteiger partial charge in [-0.3, -0.25) is 9.59 Å². The number of likely N-dealkylation sites (tertiary alicyclic amines) is 1. The standard InChI is InChI=1S/C21H22FN5O2/c1-25(2)21(29)17-12-24-27-18(7-9-23-20(17)27)15-8-10-26(13-15)19(28)11-14-3-5-16(22)6-4-14/h3-7,9,12,15H,8,10-11,13H2,1-2H3/t15-/m1/s1. The molecule has 8 heteroatoms. The summed E-state index contributed by atoms with van der Waals surface area (Å²) in [6.45, 7) is 1.23. The fraction of sp³-hybridized carbons (Fsp3) is 0.333. The van der Waals surface area contributed by atoms with Crippen molar-refractivity contribution in [2.45, 2.75) is 18.8 Å². The van der Waals surface area contributed by atoms with E-state index in [2.05, 4.69) is 10.1 Å². The molecule has 2 amide bonds. The lowest BCUT2D eigenvalue weighted by Crippen LogP contribution is -2.30. The van der Waals surface area contributed by atoms with E-state index < -0.39 is 0 Å². The number of halogens is 1. The van der Waals surface area contributed by atoms with Gasteiger partial charge in [-0.1, -0.05) is 12.1 Å². The van der Waals surface area contributed by atoms with Crippen LogP contribution in [-0.4, -0.2) is 63.4 Å². The summed E-state index contributed by atoms with van der Waals surface area (Å²) in [6, 6.07) is 7.91. The van der Waals surface area contributed by atoms with Crippen molar-refractivity contribution in [3.63, 3.8) is 0 Å². The Morgan fingerprint density at radius 2 is 1.97 bits per heavy atom. The second-order valence-electron chi connectivity index (χ2n) is 7.49. The van der Waals surface area contributed by atoms with Gasteiger partial charge in [-0.25, -0.2) is 13.9 Å². The van der Waals surface area contributed by atoms with Crippen molar-refractivity contribution < 1.29 is 14.0 Å². The van der Waals surface area contributed by atoms with Gasteiger partial charge in [0.25, 0.3) is 5.91 Å². The second kappa shape index (κ2) is 7.62. The topological polar surface area (TPSA) is 70.8 Å². The molecule has 3 aromatic rings. The Morgan fingerprint density at radius 1 is 1.21 bits per heavy atom. The van der Waals surface area contributed by atoms with Gasteiger partial charge >= 0.3 is 0 Å². The van der Waals surface area contributed by atoms with E-state index in [9.17, 15) is 14.0 Å². The van der Waals surface area contributed by atoms with Crippen LogP contribution in [0.25, 0.3) is 5.65 Å². The van der Waals surface area contributed by atoms with E-state index in [1.165, 1.54) is 17.0 Å². The molecule has 0 saturated carbocycles. The van der Waals surface area contributed by atoms with E-state index in [1.54, 1.807) is 43.1 Å². The van der Waals surface area contributed by atoms with Crippen molar-refractivity contribution in [1.82, 2.24) is 24.4 Å². The predicted octanol–water partition coefficient (Wildman–Crippen LogP) is 2.13. The van der Waals surface area contributed by atoms with Gasteiger partial charge in [0.2, 0.25) is 5.91 Å². The van der Waals surface area contributed by atoms with Gasteiger partial charge in [-0.2, -0.15) is 5.10 Å². The second-order valence-corrected chi connectivity index (χ2v) is 7.49. The molecule has 0 radical (unpaired) electrons. The first-order valence-electron chi connectivity index (χ1n) is 9.50. The van der Waals surface area contributed by atoms with Crippen LogP contribution in [-0.2, 0) is 11.2 Å². The Morgan fingerprint density at radius 3 is 2.69 bits per heavy atom. The van der Waals surface area contributed by atoms with Gasteiger partial charge in [0.15, 0.2) is 5.65 Å². The Hall–Kier alpha value is -3.29. The van der Waals surface area contributed by atoms with Crippen molar-refractivity contribution >= 4 is 17.5 Å². The Bertz CT molecular complexity index is 1060. The molecule has 0 N–H and O–H groups in total. The zero-order chi connectivity index (χ0) is 20.5. The number of carbonyl (C=O) groups is 2. The van der Waals surface area contributed by atoms with E-state index in [1.807, 2.05) is 11.0 Å². The predicted molar refractivity (Wildman–Crippen MR) is 105 cm³/mol. The zero-order valence-corrected chi connectivity index (χ0v) is 16.4. The van der Waals surface area contributed by atoms with Crippen LogP contribution in [0.1, 0.15) is 34.0 Å². The summed E-state index contributed by atoms with van der Waals surface area (Å²) in [5.74, 6) is -0.323. The van der Waals surface area contributed by atoms with Crippen LogP contribution >= 0.6 is 0 Å². The summed E-state index contributed by atoms with van der Waals surface area (Å²) in [6.07, 6.45) is 4.29. The first kappa shape index (κ1) is 19.0. The molecule has 1 aromatic carbocycles. The molecule has 1 fully saturated rings. The van der Waals surface area contributed by atoms with E-state index in [0.29, 0.717) is 24.3 Å². The molecule has 0 spiro atoms. The van der Waals surface area contributed by atoms with Crippen LogP contribution in [0.3, 0.4) is 0 Å². The fourth-order valence-corrected chi connectivity index (χ4v) is 3.73. The first-order valence-corrected chi connectivity index (χ1v) is 9.50. The lowest BCUT2D eigenvalue weighted by atomic mass is 10.0. The average molecular weight is 395 g/mol. The number of carbonyl (C=O) groups excluding carboxylic acids is 2. The lowest BCUT2D eigenvalue weighted by Gasteiger charge is -2.17. The summed E-state index contributed by atoms with van der Waals surface area (Å²) < 4.78 is 14.8. The molecular weight excluding hydrogens is 373 g/mol. The SMILES string of the molecule is CN(C)C(=O)c1cnn2c([C@@H]3CCN(C(=O)Cc4ccc(F)cc4)C3)ccnc12. The highest BCUT2D eigenvalue weighted by molar-refractivity contribution is 5.99. The van der Waals surface area contributed by atoms with E-state index in [0.717, 1.165) is 17.7 Å². The molecule has 1 saturated heterocycles. The minimum Gasteiger partial charge on any atom is -0.345 e. The molecule has 0 aliphatic carbocycles. The molecule has 1 aliphatic heterocycles. The summed E-state index contributed by atoms with van der Waals surface area (Å²) >= 11 is 0. The van der Waals surface area contributed by atoms with Crippen LogP contribution in [0, 0.1) is 5.82 Å². The summed E-state index contributed by atoms with van der Waals surface area (Å²) in [4.78, 5) is 32.7. The molecule has 4 rings (SSSR count). The minimum atomic E-state index is -0.310. The van der Waals surface area contributed by atoms with Crippen LogP contribution in [0.15, 0.2) is 42.7 Å². The Labute approximate surface area is 167 Å². The lowest BCUT2D eigenvalue weighted by molar-refractivity contribution is -0.129.